The first kappa shape index (κ1) is 50.3. The van der Waals surface area contributed by atoms with Crippen LogP contribution >= 0.6 is 0 Å². The number of benzene rings is 8. The summed E-state index contributed by atoms with van der Waals surface area (Å²) in [6, 6.07) is 67.2. The Kier molecular flexibility index (Phi) is 10.7. The lowest BCUT2D eigenvalue weighted by Gasteiger charge is -2.48. The fourth-order valence-electron chi connectivity index (χ4n) is 16.3. The predicted octanol–water partition coefficient (Wildman–Crippen LogP) is 18.0. The van der Waals surface area contributed by atoms with Crippen molar-refractivity contribution in [3.63, 3.8) is 0 Å². The third-order valence-corrected chi connectivity index (χ3v) is 21.1. The number of hydrogen-bond acceptors (Lipinski definition) is 4. The summed E-state index contributed by atoms with van der Waals surface area (Å²) in [6.45, 7) is 31.3. The number of fused-ring (bicyclic) bond motifs is 10. The molecule has 398 valence electrons. The molecule has 0 amide bonds. The first-order valence-electron chi connectivity index (χ1n) is 29.7. The normalized spacial score (nSPS) is 23.5. The molecule has 2 saturated carbocycles. The zero-order chi connectivity index (χ0) is 55.0. The molecule has 4 heterocycles. The molecule has 8 aromatic carbocycles. The molecule has 4 aliphatic heterocycles. The summed E-state index contributed by atoms with van der Waals surface area (Å²) in [5, 5.41) is 0. The number of anilines is 10. The van der Waals surface area contributed by atoms with E-state index < -0.39 is 0 Å². The largest absolute Gasteiger partial charge is 0.334 e. The molecule has 14 rings (SSSR count). The predicted molar refractivity (Wildman–Crippen MR) is 338 cm³/mol. The number of rotatable bonds is 5. The zero-order valence-electron chi connectivity index (χ0n) is 49.3. The van der Waals surface area contributed by atoms with Crippen molar-refractivity contribution in [2.24, 2.45) is 0 Å². The average Bonchev–Trinajstić information content (AvgIpc) is 3.97. The van der Waals surface area contributed by atoms with Gasteiger partial charge in [-0.1, -0.05) is 192 Å². The lowest BCUT2D eigenvalue weighted by molar-refractivity contribution is 0.330. The Balaban J connectivity index is 1.11. The third-order valence-electron chi connectivity index (χ3n) is 21.1. The lowest BCUT2D eigenvalue weighted by atomic mass is 9.33. The highest BCUT2D eigenvalue weighted by molar-refractivity contribution is 7.00. The number of para-hydroxylation sites is 2. The molecule has 2 fully saturated rings. The fraction of sp³-hybridized carbons (Fsp3) is 0.351. The minimum atomic E-state index is -0.136. The van der Waals surface area contributed by atoms with Gasteiger partial charge in [-0.3, -0.25) is 0 Å². The molecular weight excluding hydrogens is 956 g/mol. The average molecular weight is 1040 g/mol. The molecule has 5 heteroatoms. The quantitative estimate of drug-likeness (QED) is 0.159. The Bertz CT molecular complexity index is 3800. The first-order valence-corrected chi connectivity index (χ1v) is 29.7. The van der Waals surface area contributed by atoms with Gasteiger partial charge in [-0.05, 0) is 172 Å². The van der Waals surface area contributed by atoms with Gasteiger partial charge in [0, 0.05) is 67.6 Å². The van der Waals surface area contributed by atoms with E-state index in [2.05, 4.69) is 279 Å². The Labute approximate surface area is 472 Å². The molecule has 0 bridgehead atoms. The molecule has 4 nitrogen and oxygen atoms in total. The highest BCUT2D eigenvalue weighted by Gasteiger charge is 2.61. The minimum Gasteiger partial charge on any atom is -0.334 e. The van der Waals surface area contributed by atoms with Crippen LogP contribution in [0, 0.1) is 0 Å². The molecule has 4 atom stereocenters. The molecule has 0 radical (unpaired) electrons. The maximum Gasteiger partial charge on any atom is 0.252 e. The summed E-state index contributed by atoms with van der Waals surface area (Å²) in [5.74, 6) is 0. The molecule has 0 N–H and O–H groups in total. The van der Waals surface area contributed by atoms with Gasteiger partial charge in [0.1, 0.15) is 0 Å². The molecule has 8 aromatic rings. The molecule has 79 heavy (non-hydrogen) atoms. The van der Waals surface area contributed by atoms with Crippen LogP contribution in [0.4, 0.5) is 56.9 Å². The maximum atomic E-state index is 2.80. The van der Waals surface area contributed by atoms with Crippen molar-refractivity contribution in [2.75, 3.05) is 19.6 Å². The Hall–Kier alpha value is -6.98. The van der Waals surface area contributed by atoms with Crippen LogP contribution in [0.25, 0.3) is 11.1 Å². The van der Waals surface area contributed by atoms with Crippen molar-refractivity contribution in [3.8, 4) is 11.1 Å². The highest BCUT2D eigenvalue weighted by Crippen LogP contribution is 2.65. The van der Waals surface area contributed by atoms with E-state index >= 15 is 0 Å². The van der Waals surface area contributed by atoms with E-state index in [1.165, 1.54) is 138 Å². The second kappa shape index (κ2) is 16.8. The zero-order valence-corrected chi connectivity index (χ0v) is 49.3. The van der Waals surface area contributed by atoms with Crippen LogP contribution in [0.15, 0.2) is 170 Å². The van der Waals surface area contributed by atoms with Gasteiger partial charge in [-0.25, -0.2) is 0 Å². The van der Waals surface area contributed by atoms with E-state index in [-0.39, 0.29) is 44.9 Å². The molecule has 0 aromatic heterocycles. The fourth-order valence-corrected chi connectivity index (χ4v) is 16.3. The van der Waals surface area contributed by atoms with Crippen LogP contribution in [-0.4, -0.2) is 17.8 Å². The maximum absolute atomic E-state index is 2.80. The molecule has 0 spiro atoms. The second-order valence-electron chi connectivity index (χ2n) is 28.5. The van der Waals surface area contributed by atoms with Crippen molar-refractivity contribution in [2.45, 2.75) is 167 Å². The van der Waals surface area contributed by atoms with Gasteiger partial charge in [0.05, 0.1) is 16.8 Å². The SMILES string of the molecule is CC(C)(C)c1ccc(N2c3cc(N4c5ccccc5C5(C)CCCC45C)ccc3B3c4ccc(C(C)(C)C)cc4N(c4ccc(C(C)(C)C)cc4-c4ccccc4)c4cc(N5c6ccccc6C6(C)CCCC56C)cc2c43)cc1. The van der Waals surface area contributed by atoms with E-state index in [0.717, 1.165) is 12.8 Å². The Morgan fingerprint density at radius 2 is 0.823 bits per heavy atom. The van der Waals surface area contributed by atoms with E-state index in [1.807, 2.05) is 0 Å². The van der Waals surface area contributed by atoms with Gasteiger partial charge in [0.15, 0.2) is 0 Å². The van der Waals surface area contributed by atoms with E-state index in [1.54, 1.807) is 0 Å². The number of nitrogens with zero attached hydrogens (tertiary/aromatic N) is 4. The van der Waals surface area contributed by atoms with E-state index in [9.17, 15) is 0 Å². The van der Waals surface area contributed by atoms with Crippen molar-refractivity contribution in [1.29, 1.82) is 0 Å². The topological polar surface area (TPSA) is 13.0 Å². The van der Waals surface area contributed by atoms with Gasteiger partial charge < -0.3 is 19.6 Å². The summed E-state index contributed by atoms with van der Waals surface area (Å²) in [5.41, 5.74) is 25.8. The summed E-state index contributed by atoms with van der Waals surface area (Å²) in [4.78, 5) is 11.0. The van der Waals surface area contributed by atoms with Crippen molar-refractivity contribution >= 4 is 80.0 Å². The highest BCUT2D eigenvalue weighted by atomic mass is 15.3. The van der Waals surface area contributed by atoms with Crippen molar-refractivity contribution in [1.82, 2.24) is 0 Å². The van der Waals surface area contributed by atoms with Crippen LogP contribution in [0.1, 0.15) is 156 Å². The molecular formula is C74H79BN4. The van der Waals surface area contributed by atoms with Crippen LogP contribution in [0.2, 0.25) is 0 Å². The summed E-state index contributed by atoms with van der Waals surface area (Å²) >= 11 is 0. The van der Waals surface area contributed by atoms with Gasteiger partial charge in [0.2, 0.25) is 0 Å². The van der Waals surface area contributed by atoms with Crippen LogP contribution < -0.4 is 36.0 Å². The molecule has 4 unspecified atom stereocenters. The third kappa shape index (κ3) is 6.99. The van der Waals surface area contributed by atoms with Crippen LogP contribution in [0.5, 0.6) is 0 Å². The summed E-state index contributed by atoms with van der Waals surface area (Å²) < 4.78 is 0. The molecule has 2 aliphatic carbocycles. The smallest absolute Gasteiger partial charge is 0.252 e. The Morgan fingerprint density at radius 1 is 0.367 bits per heavy atom. The summed E-state index contributed by atoms with van der Waals surface area (Å²) in [6.07, 6.45) is 7.07. The summed E-state index contributed by atoms with van der Waals surface area (Å²) in [7, 11) is 0. The van der Waals surface area contributed by atoms with Gasteiger partial charge in [-0.15, -0.1) is 0 Å². The van der Waals surface area contributed by atoms with Crippen molar-refractivity contribution in [3.05, 3.63) is 198 Å². The van der Waals surface area contributed by atoms with E-state index in [4.69, 9.17) is 0 Å². The molecule has 6 aliphatic rings. The standard InChI is InChI=1S/C74H79BN4/c1-68(2,3)49-29-33-52(34-30-49)76-64-45-53(78-61-27-19-17-25-56(61)71(10)39-21-41-73(71,78)12)35-37-59(64)75-58-36-31-51(70(7,8)9)44-63(58)77(60-38-32-50(69(4,5)6)43-55(60)48-23-15-14-16-24-48)66-47-54(46-65(76)67(66)75)79-62-28-20-18-26-57(62)72(11)40-22-42-74(72,79)13/h14-20,23-38,43-47H,21-22,39-42H2,1-13H3. The Morgan fingerprint density at radius 3 is 1.41 bits per heavy atom. The minimum absolute atomic E-state index is 0.00271. The monoisotopic (exact) mass is 1030 g/mol. The van der Waals surface area contributed by atoms with Gasteiger partial charge in [0.25, 0.3) is 6.71 Å². The van der Waals surface area contributed by atoms with E-state index in [0.29, 0.717) is 0 Å². The number of hydrogen-bond donors (Lipinski definition) is 0. The van der Waals surface area contributed by atoms with Crippen LogP contribution in [-0.2, 0) is 27.1 Å². The molecule has 0 saturated heterocycles. The van der Waals surface area contributed by atoms with Gasteiger partial charge >= 0.3 is 0 Å². The van der Waals surface area contributed by atoms with Crippen LogP contribution in [0.3, 0.4) is 0 Å². The van der Waals surface area contributed by atoms with Gasteiger partial charge in [-0.2, -0.15) is 0 Å². The second-order valence-corrected chi connectivity index (χ2v) is 28.5. The lowest BCUT2D eigenvalue weighted by Crippen LogP contribution is -2.61. The van der Waals surface area contributed by atoms with Crippen molar-refractivity contribution < 1.29 is 0 Å². The first-order chi connectivity index (χ1) is 37.5.